The Morgan fingerprint density at radius 3 is 2.40 bits per heavy atom. The van der Waals surface area contributed by atoms with Crippen LogP contribution < -0.4 is 0 Å². The molecule has 0 amide bonds. The van der Waals surface area contributed by atoms with Crippen molar-refractivity contribution >= 4 is 23.4 Å². The average molecular weight is 280 g/mol. The van der Waals surface area contributed by atoms with Crippen LogP contribution in [0.5, 0.6) is 5.75 Å². The highest BCUT2D eigenvalue weighted by atomic mass is 32.1. The third-order valence-corrected chi connectivity index (χ3v) is 4.10. The van der Waals surface area contributed by atoms with Crippen molar-refractivity contribution in [2.75, 3.05) is 0 Å². The van der Waals surface area contributed by atoms with E-state index in [1.165, 1.54) is 27.5 Å². The van der Waals surface area contributed by atoms with Crippen molar-refractivity contribution in [3.05, 3.63) is 65.7 Å². The largest absolute Gasteiger partial charge is 0.508 e. The first-order valence-electron chi connectivity index (χ1n) is 6.62. The Labute approximate surface area is 124 Å². The second kappa shape index (κ2) is 5.22. The number of benzene rings is 3. The number of hydrogen-bond acceptors (Lipinski definition) is 2. The summed E-state index contributed by atoms with van der Waals surface area (Å²) in [4.78, 5) is 0. The molecule has 3 rings (SSSR count). The first-order chi connectivity index (χ1) is 9.70. The van der Waals surface area contributed by atoms with Crippen LogP contribution in [0, 0.1) is 6.92 Å². The van der Waals surface area contributed by atoms with Crippen molar-refractivity contribution in [3.63, 3.8) is 0 Å². The SMILES string of the molecule is Cc1c(-c2ccc(O)cc2)cc2ccccc2c1CS. The predicted octanol–water partition coefficient (Wildman–Crippen LogP) is 4.95. The Hall–Kier alpha value is -1.93. The summed E-state index contributed by atoms with van der Waals surface area (Å²) in [5.74, 6) is 1.01. The fourth-order valence-electron chi connectivity index (χ4n) is 2.67. The van der Waals surface area contributed by atoms with Crippen LogP contribution in [0.4, 0.5) is 0 Å². The molecule has 0 aromatic heterocycles. The molecular formula is C18H16OS. The zero-order chi connectivity index (χ0) is 14.1. The van der Waals surface area contributed by atoms with E-state index >= 15 is 0 Å². The molecule has 3 aromatic carbocycles. The highest BCUT2D eigenvalue weighted by molar-refractivity contribution is 7.79. The molecule has 0 aliphatic rings. The first-order valence-corrected chi connectivity index (χ1v) is 7.25. The van der Waals surface area contributed by atoms with Gasteiger partial charge in [0.2, 0.25) is 0 Å². The number of thiol groups is 1. The van der Waals surface area contributed by atoms with Gasteiger partial charge in [-0.1, -0.05) is 36.4 Å². The lowest BCUT2D eigenvalue weighted by Gasteiger charge is -2.14. The molecule has 0 saturated heterocycles. The van der Waals surface area contributed by atoms with E-state index in [4.69, 9.17) is 0 Å². The molecule has 0 unspecified atom stereocenters. The van der Waals surface area contributed by atoms with E-state index in [1.54, 1.807) is 12.1 Å². The molecule has 0 bridgehead atoms. The van der Waals surface area contributed by atoms with Crippen LogP contribution in [-0.4, -0.2) is 5.11 Å². The quantitative estimate of drug-likeness (QED) is 0.636. The van der Waals surface area contributed by atoms with E-state index in [9.17, 15) is 5.11 Å². The summed E-state index contributed by atoms with van der Waals surface area (Å²) in [5.41, 5.74) is 4.85. The van der Waals surface area contributed by atoms with Gasteiger partial charge in [0.15, 0.2) is 0 Å². The van der Waals surface area contributed by atoms with E-state index in [0.29, 0.717) is 5.75 Å². The second-order valence-electron chi connectivity index (χ2n) is 4.95. The maximum atomic E-state index is 9.43. The van der Waals surface area contributed by atoms with Crippen molar-refractivity contribution in [1.82, 2.24) is 0 Å². The molecule has 0 heterocycles. The van der Waals surface area contributed by atoms with E-state index in [-0.39, 0.29) is 0 Å². The van der Waals surface area contributed by atoms with Gasteiger partial charge < -0.3 is 5.11 Å². The molecule has 1 N–H and O–H groups in total. The third-order valence-electron chi connectivity index (χ3n) is 3.78. The monoisotopic (exact) mass is 280 g/mol. The van der Waals surface area contributed by atoms with Gasteiger partial charge in [-0.15, -0.1) is 0 Å². The predicted molar refractivity (Wildman–Crippen MR) is 88.5 cm³/mol. The molecule has 2 heteroatoms. The van der Waals surface area contributed by atoms with Gasteiger partial charge >= 0.3 is 0 Å². The lowest BCUT2D eigenvalue weighted by molar-refractivity contribution is 0.475. The fourth-order valence-corrected chi connectivity index (χ4v) is 3.08. The Balaban J connectivity index is 2.31. The van der Waals surface area contributed by atoms with Crippen LogP contribution in [0.3, 0.4) is 0 Å². The lowest BCUT2D eigenvalue weighted by atomic mass is 9.92. The fraction of sp³-hybridized carbons (Fsp3) is 0.111. The van der Waals surface area contributed by atoms with Crippen molar-refractivity contribution in [1.29, 1.82) is 0 Å². The Morgan fingerprint density at radius 2 is 1.70 bits per heavy atom. The zero-order valence-corrected chi connectivity index (χ0v) is 12.2. The summed E-state index contributed by atoms with van der Waals surface area (Å²) < 4.78 is 0. The molecule has 0 aliphatic heterocycles. The van der Waals surface area contributed by atoms with Crippen LogP contribution in [0.1, 0.15) is 11.1 Å². The summed E-state index contributed by atoms with van der Waals surface area (Å²) >= 11 is 4.49. The summed E-state index contributed by atoms with van der Waals surface area (Å²) in [7, 11) is 0. The highest BCUT2D eigenvalue weighted by Crippen LogP contribution is 2.33. The van der Waals surface area contributed by atoms with Crippen LogP contribution in [0.25, 0.3) is 21.9 Å². The van der Waals surface area contributed by atoms with Crippen molar-refractivity contribution in [3.8, 4) is 16.9 Å². The van der Waals surface area contributed by atoms with Gasteiger partial charge in [0.1, 0.15) is 5.75 Å². The molecule has 100 valence electrons. The lowest BCUT2D eigenvalue weighted by Crippen LogP contribution is -1.92. The summed E-state index contributed by atoms with van der Waals surface area (Å²) in [5, 5.41) is 11.9. The first kappa shape index (κ1) is 13.1. The van der Waals surface area contributed by atoms with Crippen molar-refractivity contribution in [2.24, 2.45) is 0 Å². The number of phenols is 1. The zero-order valence-electron chi connectivity index (χ0n) is 11.3. The van der Waals surface area contributed by atoms with E-state index in [1.807, 2.05) is 12.1 Å². The summed E-state index contributed by atoms with van der Waals surface area (Å²) in [6.45, 7) is 2.14. The summed E-state index contributed by atoms with van der Waals surface area (Å²) in [6, 6.07) is 18.0. The van der Waals surface area contributed by atoms with Gasteiger partial charge in [0, 0.05) is 5.75 Å². The Kier molecular flexibility index (Phi) is 3.41. The molecular weight excluding hydrogens is 264 g/mol. The Morgan fingerprint density at radius 1 is 1.00 bits per heavy atom. The normalized spacial score (nSPS) is 10.9. The van der Waals surface area contributed by atoms with Gasteiger partial charge in [0.25, 0.3) is 0 Å². The molecule has 0 spiro atoms. The standard InChI is InChI=1S/C18H16OS/c1-12-17(13-6-8-15(19)9-7-13)10-14-4-2-3-5-16(14)18(12)11-20/h2-10,19-20H,11H2,1H3. The smallest absolute Gasteiger partial charge is 0.115 e. The molecule has 3 aromatic rings. The van der Waals surface area contributed by atoms with Gasteiger partial charge in [-0.25, -0.2) is 0 Å². The number of hydrogen-bond donors (Lipinski definition) is 2. The van der Waals surface area contributed by atoms with Crippen LogP contribution in [0.15, 0.2) is 54.6 Å². The summed E-state index contributed by atoms with van der Waals surface area (Å²) in [6.07, 6.45) is 0. The Bertz CT molecular complexity index is 760. The van der Waals surface area contributed by atoms with Crippen molar-refractivity contribution < 1.29 is 5.11 Å². The topological polar surface area (TPSA) is 20.2 Å². The van der Waals surface area contributed by atoms with Crippen LogP contribution in [0.2, 0.25) is 0 Å². The number of phenolic OH excluding ortho intramolecular Hbond substituents is 1. The van der Waals surface area contributed by atoms with E-state index < -0.39 is 0 Å². The number of fused-ring (bicyclic) bond motifs is 1. The molecule has 0 atom stereocenters. The molecule has 0 radical (unpaired) electrons. The molecule has 0 aliphatic carbocycles. The highest BCUT2D eigenvalue weighted by Gasteiger charge is 2.10. The molecule has 1 nitrogen and oxygen atoms in total. The number of aromatic hydroxyl groups is 1. The average Bonchev–Trinajstić information content (AvgIpc) is 2.48. The maximum absolute atomic E-state index is 9.43. The van der Waals surface area contributed by atoms with Crippen molar-refractivity contribution in [2.45, 2.75) is 12.7 Å². The maximum Gasteiger partial charge on any atom is 0.115 e. The molecule has 0 saturated carbocycles. The minimum Gasteiger partial charge on any atom is -0.508 e. The van der Waals surface area contributed by atoms with Crippen LogP contribution >= 0.6 is 12.6 Å². The molecule has 0 fully saturated rings. The van der Waals surface area contributed by atoms with Gasteiger partial charge in [-0.05, 0) is 58.1 Å². The molecule has 20 heavy (non-hydrogen) atoms. The minimum absolute atomic E-state index is 0.293. The minimum atomic E-state index is 0.293. The van der Waals surface area contributed by atoms with E-state index in [0.717, 1.165) is 11.3 Å². The van der Waals surface area contributed by atoms with Gasteiger partial charge in [-0.2, -0.15) is 12.6 Å². The van der Waals surface area contributed by atoms with Crippen LogP contribution in [-0.2, 0) is 5.75 Å². The second-order valence-corrected chi connectivity index (χ2v) is 5.27. The van der Waals surface area contributed by atoms with E-state index in [2.05, 4.69) is 49.9 Å². The van der Waals surface area contributed by atoms with Gasteiger partial charge in [0.05, 0.1) is 0 Å². The van der Waals surface area contributed by atoms with Gasteiger partial charge in [-0.3, -0.25) is 0 Å². The third kappa shape index (κ3) is 2.16. The number of rotatable bonds is 2.